The van der Waals surface area contributed by atoms with Gasteiger partial charge in [0, 0.05) is 78.9 Å². The monoisotopic (exact) mass is 683 g/mol. The summed E-state index contributed by atoms with van der Waals surface area (Å²) in [7, 11) is -3.43. The summed E-state index contributed by atoms with van der Waals surface area (Å²) in [5, 5.41) is 0. The van der Waals surface area contributed by atoms with E-state index in [2.05, 4.69) is 14.0 Å². The molecule has 6 rings (SSSR count). The number of rotatable bonds is 15. The maximum Gasteiger partial charge on any atom is 0.287 e. The van der Waals surface area contributed by atoms with Crippen molar-refractivity contribution in [3.63, 3.8) is 0 Å². The Morgan fingerprint density at radius 1 is 0.340 bits per heavy atom. The van der Waals surface area contributed by atoms with Crippen molar-refractivity contribution in [2.45, 2.75) is 152 Å². The molecular formula is C36H66N3O7P. The van der Waals surface area contributed by atoms with Crippen molar-refractivity contribution in [2.24, 2.45) is 0 Å². The fourth-order valence-corrected chi connectivity index (χ4v) is 12.0. The smallest absolute Gasteiger partial charge is 0.287 e. The van der Waals surface area contributed by atoms with E-state index in [1.54, 1.807) is 0 Å². The first kappa shape index (κ1) is 36.7. The van der Waals surface area contributed by atoms with Gasteiger partial charge in [-0.2, -0.15) is 0 Å². The largest absolute Gasteiger partial charge is 0.377 e. The molecule has 6 aliphatic heterocycles. The Labute approximate surface area is 285 Å². The molecule has 0 aromatic carbocycles. The summed E-state index contributed by atoms with van der Waals surface area (Å²) in [6.45, 7) is 8.62. The lowest BCUT2D eigenvalue weighted by Crippen LogP contribution is -2.53. The average molecular weight is 684 g/mol. The van der Waals surface area contributed by atoms with Gasteiger partial charge in [-0.15, -0.1) is 0 Å². The van der Waals surface area contributed by atoms with Gasteiger partial charge < -0.3 is 28.4 Å². The molecule has 0 N–H and O–H groups in total. The van der Waals surface area contributed by atoms with Crippen LogP contribution < -0.4 is 0 Å². The lowest BCUT2D eigenvalue weighted by Gasteiger charge is -2.50. The number of ether oxygens (including phenoxy) is 6. The van der Waals surface area contributed by atoms with E-state index < -0.39 is 7.59 Å². The Morgan fingerprint density at radius 3 is 0.681 bits per heavy atom. The minimum absolute atomic E-state index is 0.0677. The molecule has 0 bridgehead atoms. The lowest BCUT2D eigenvalue weighted by molar-refractivity contribution is -0.0390. The van der Waals surface area contributed by atoms with Crippen LogP contribution in [0, 0.1) is 0 Å². The topological polar surface area (TPSA) is 82.2 Å². The van der Waals surface area contributed by atoms with Gasteiger partial charge >= 0.3 is 0 Å². The Morgan fingerprint density at radius 2 is 0.532 bits per heavy atom. The third kappa shape index (κ3) is 10.9. The van der Waals surface area contributed by atoms with Gasteiger partial charge in [-0.1, -0.05) is 0 Å². The molecule has 0 amide bonds. The van der Waals surface area contributed by atoms with Crippen LogP contribution in [0.1, 0.15) is 116 Å². The Bertz CT molecular complexity index is 738. The summed E-state index contributed by atoms with van der Waals surface area (Å²) in [5.41, 5.74) is 0. The van der Waals surface area contributed by atoms with E-state index >= 15 is 4.57 Å². The molecule has 0 spiro atoms. The molecule has 6 fully saturated rings. The van der Waals surface area contributed by atoms with E-state index in [1.165, 1.54) is 0 Å². The first-order valence-electron chi connectivity index (χ1n) is 19.7. The van der Waals surface area contributed by atoms with Gasteiger partial charge in [0.25, 0.3) is 7.59 Å². The molecule has 0 aromatic heterocycles. The molecule has 10 nitrogen and oxygen atoms in total. The maximum absolute atomic E-state index is 17.0. The molecule has 0 saturated carbocycles. The summed E-state index contributed by atoms with van der Waals surface area (Å²) in [5.74, 6) is 0. The molecule has 6 atom stereocenters. The van der Waals surface area contributed by atoms with Gasteiger partial charge in [-0.25, -0.2) is 14.0 Å². The zero-order valence-corrected chi connectivity index (χ0v) is 30.2. The molecule has 272 valence electrons. The molecule has 0 aromatic rings. The van der Waals surface area contributed by atoms with Crippen molar-refractivity contribution in [3.8, 4) is 0 Å². The second-order valence-electron chi connectivity index (χ2n) is 15.1. The average Bonchev–Trinajstić information content (AvgIpc) is 3.13. The van der Waals surface area contributed by atoms with Crippen LogP contribution in [0.2, 0.25) is 0 Å². The first-order chi connectivity index (χ1) is 23.2. The first-order valence-corrected chi connectivity index (χ1v) is 21.3. The minimum atomic E-state index is -3.43. The van der Waals surface area contributed by atoms with Gasteiger partial charge in [0.1, 0.15) is 0 Å². The highest BCUT2D eigenvalue weighted by Gasteiger charge is 2.48. The third-order valence-corrected chi connectivity index (χ3v) is 14.4. The second kappa shape index (κ2) is 19.5. The molecular weight excluding hydrogens is 617 g/mol. The lowest BCUT2D eigenvalue weighted by atomic mass is 10.1. The van der Waals surface area contributed by atoms with Crippen LogP contribution in [-0.2, 0) is 33.0 Å². The van der Waals surface area contributed by atoms with Gasteiger partial charge in [0.05, 0.1) is 36.6 Å². The van der Waals surface area contributed by atoms with E-state index in [0.717, 1.165) is 155 Å². The van der Waals surface area contributed by atoms with E-state index in [4.69, 9.17) is 28.4 Å². The van der Waals surface area contributed by atoms with Crippen LogP contribution in [0.4, 0.5) is 0 Å². The van der Waals surface area contributed by atoms with Crippen LogP contribution >= 0.6 is 7.59 Å². The molecule has 6 unspecified atom stereocenters. The molecule has 11 heteroatoms. The van der Waals surface area contributed by atoms with Gasteiger partial charge in [-0.3, -0.25) is 4.57 Å². The fraction of sp³-hybridized carbons (Fsp3) is 1.00. The molecule has 47 heavy (non-hydrogen) atoms. The van der Waals surface area contributed by atoms with Gasteiger partial charge in [0.15, 0.2) is 0 Å². The number of nitrogens with zero attached hydrogens (tertiary/aromatic N) is 3. The summed E-state index contributed by atoms with van der Waals surface area (Å²) in [6.07, 6.45) is 20.1. The highest BCUT2D eigenvalue weighted by Crippen LogP contribution is 2.58. The van der Waals surface area contributed by atoms with Crippen LogP contribution in [0.15, 0.2) is 0 Å². The van der Waals surface area contributed by atoms with Crippen molar-refractivity contribution < 1.29 is 33.0 Å². The number of hydrogen-bond donors (Lipinski definition) is 0. The predicted molar refractivity (Wildman–Crippen MR) is 184 cm³/mol. The second-order valence-corrected chi connectivity index (χ2v) is 17.8. The highest BCUT2D eigenvalue weighted by atomic mass is 31.2. The van der Waals surface area contributed by atoms with E-state index in [0.29, 0.717) is 39.3 Å². The number of hydrogen-bond acceptors (Lipinski definition) is 7. The molecule has 0 radical (unpaired) electrons. The van der Waals surface area contributed by atoms with E-state index in [9.17, 15) is 0 Å². The van der Waals surface area contributed by atoms with Crippen LogP contribution in [-0.4, -0.2) is 130 Å². The Kier molecular flexibility index (Phi) is 15.2. The van der Waals surface area contributed by atoms with Gasteiger partial charge in [0.2, 0.25) is 0 Å². The summed E-state index contributed by atoms with van der Waals surface area (Å²) in [4.78, 5) is 0. The third-order valence-electron chi connectivity index (χ3n) is 11.2. The molecule has 6 saturated heterocycles. The van der Waals surface area contributed by atoms with Crippen LogP contribution in [0.5, 0.6) is 0 Å². The SMILES string of the molecule is O=P(N(CC1CCCCO1)CC1CCCCO1)(N(CC1CCCCO1)CC1CCCCO1)N(CC1CCCCO1)CC1CCCCO1. The Balaban J connectivity index is 1.39. The molecule has 6 aliphatic rings. The standard InChI is InChI=1S/C36H66N3O7P/c40-47(37(25-31-13-1-7-19-41-31)26-32-14-2-8-20-42-32,38(27-33-15-3-9-21-43-33)28-34-16-4-10-22-44-34)39(29-35-17-5-11-23-45-35)30-36-18-6-12-24-46-36/h31-36H,1-30H2. The van der Waals surface area contributed by atoms with Crippen molar-refractivity contribution in [1.29, 1.82) is 0 Å². The normalized spacial score (nSPS) is 34.4. The molecule has 6 heterocycles. The maximum atomic E-state index is 17.0. The summed E-state index contributed by atoms with van der Waals surface area (Å²) < 4.78 is 62.5. The zero-order valence-electron chi connectivity index (χ0n) is 29.3. The minimum Gasteiger partial charge on any atom is -0.377 e. The van der Waals surface area contributed by atoms with Crippen molar-refractivity contribution in [1.82, 2.24) is 14.0 Å². The summed E-state index contributed by atoms with van der Waals surface area (Å²) in [6, 6.07) is 0. The van der Waals surface area contributed by atoms with Gasteiger partial charge in [-0.05, 0) is 116 Å². The van der Waals surface area contributed by atoms with Crippen molar-refractivity contribution in [3.05, 3.63) is 0 Å². The van der Waals surface area contributed by atoms with Crippen LogP contribution in [0.3, 0.4) is 0 Å². The molecule has 0 aliphatic carbocycles. The highest BCUT2D eigenvalue weighted by molar-refractivity contribution is 7.56. The van der Waals surface area contributed by atoms with E-state index in [-0.39, 0.29) is 36.6 Å². The van der Waals surface area contributed by atoms with Crippen LogP contribution in [0.25, 0.3) is 0 Å². The predicted octanol–water partition coefficient (Wildman–Crippen LogP) is 6.42. The fourth-order valence-electron chi connectivity index (χ4n) is 8.52. The van der Waals surface area contributed by atoms with Crippen molar-refractivity contribution >= 4 is 7.59 Å². The Hall–Kier alpha value is -0.130. The van der Waals surface area contributed by atoms with E-state index in [1.807, 2.05) is 0 Å². The zero-order chi connectivity index (χ0) is 32.2. The van der Waals surface area contributed by atoms with Crippen molar-refractivity contribution in [2.75, 3.05) is 78.9 Å². The summed E-state index contributed by atoms with van der Waals surface area (Å²) >= 11 is 0. The quantitative estimate of drug-likeness (QED) is 0.181.